The summed E-state index contributed by atoms with van der Waals surface area (Å²) in [4.78, 5) is 57.9. The summed E-state index contributed by atoms with van der Waals surface area (Å²) in [5, 5.41) is 9.56. The van der Waals surface area contributed by atoms with Gasteiger partial charge in [0.05, 0.1) is 19.1 Å². The zero-order chi connectivity index (χ0) is 31.6. The van der Waals surface area contributed by atoms with E-state index in [-0.39, 0.29) is 55.6 Å². The first-order valence-electron chi connectivity index (χ1n) is 16.8. The van der Waals surface area contributed by atoms with Crippen LogP contribution < -0.4 is 16.0 Å². The molecule has 2 aliphatic carbocycles. The van der Waals surface area contributed by atoms with Crippen molar-refractivity contribution in [3.8, 4) is 0 Å². The van der Waals surface area contributed by atoms with Gasteiger partial charge >= 0.3 is 6.09 Å². The molecule has 1 aromatic carbocycles. The maximum atomic E-state index is 14.3. The third-order valence-corrected chi connectivity index (χ3v) is 10.2. The normalized spacial score (nSPS) is 31.0. The second-order valence-corrected chi connectivity index (χ2v) is 13.4. The highest BCUT2D eigenvalue weighted by Crippen LogP contribution is 2.45. The van der Waals surface area contributed by atoms with Gasteiger partial charge in [-0.1, -0.05) is 50.5 Å². The Morgan fingerprint density at radius 2 is 1.96 bits per heavy atom. The van der Waals surface area contributed by atoms with Crippen molar-refractivity contribution >= 4 is 23.8 Å². The Morgan fingerprint density at radius 1 is 1.11 bits per heavy atom. The van der Waals surface area contributed by atoms with Gasteiger partial charge < -0.3 is 25.6 Å². The Hall–Kier alpha value is -3.47. The Morgan fingerprint density at radius 3 is 2.71 bits per heavy atom. The van der Waals surface area contributed by atoms with Crippen molar-refractivity contribution in [1.29, 1.82) is 0 Å². The van der Waals surface area contributed by atoms with Crippen molar-refractivity contribution in [2.24, 2.45) is 5.92 Å². The smallest absolute Gasteiger partial charge is 0.410 e. The molecule has 10 nitrogen and oxygen atoms in total. The summed E-state index contributed by atoms with van der Waals surface area (Å²) in [5.41, 5.74) is 0.166. The summed E-state index contributed by atoms with van der Waals surface area (Å²) < 4.78 is 20.2. The molecular formula is C34H46FN5O5. The number of nitrogens with one attached hydrogen (secondary N) is 3. The predicted molar refractivity (Wildman–Crippen MR) is 165 cm³/mol. The largest absolute Gasteiger partial charge is 0.444 e. The Kier molecular flexibility index (Phi) is 9.44. The minimum absolute atomic E-state index is 0.0824. The van der Waals surface area contributed by atoms with Crippen LogP contribution in [0.15, 0.2) is 30.4 Å². The van der Waals surface area contributed by atoms with Gasteiger partial charge in [0.2, 0.25) is 17.7 Å². The van der Waals surface area contributed by atoms with Crippen molar-refractivity contribution in [2.75, 3.05) is 13.1 Å². The number of carbonyl (C=O) groups excluding carboxylic acids is 4. The van der Waals surface area contributed by atoms with E-state index in [1.165, 1.54) is 11.0 Å². The second kappa shape index (κ2) is 13.5. The van der Waals surface area contributed by atoms with E-state index in [2.05, 4.69) is 22.0 Å². The molecule has 6 rings (SSSR count). The van der Waals surface area contributed by atoms with E-state index in [1.807, 2.05) is 13.0 Å². The van der Waals surface area contributed by atoms with Crippen LogP contribution in [0.2, 0.25) is 0 Å². The fraction of sp³-hybridized carbons (Fsp3) is 0.647. The zero-order valence-electron chi connectivity index (χ0n) is 26.2. The number of benzene rings is 1. The zero-order valence-corrected chi connectivity index (χ0v) is 26.2. The number of ether oxygens (including phenoxy) is 1. The molecule has 244 valence electrons. The number of fused-ring (bicyclic) bond motifs is 3. The van der Waals surface area contributed by atoms with Gasteiger partial charge in [-0.2, -0.15) is 0 Å². The lowest BCUT2D eigenvalue weighted by molar-refractivity contribution is -0.141. The highest BCUT2D eigenvalue weighted by Gasteiger charge is 2.61. The standard InChI is InChI=1S/C34H46FN5O5/c1-2-16-36-32(43)34-18-23(34)11-6-4-3-5-7-15-28(37-24-12-9-13-24)31(42)40-20-25(17-29(40)30(41)38-34)45-33(44)39-19-22-10-8-14-27(35)26(22)21-39/h6,8,10-11,14,23-25,28-29,37H,2-5,7,9,12-13,15-21H2,1H3,(H,36,43)(H,38,41)/b11-6-/t23-,25+,28-,29-,34+/m0/s1. The summed E-state index contributed by atoms with van der Waals surface area (Å²) in [7, 11) is 0. The molecule has 3 N–H and O–H groups in total. The molecule has 5 aliphatic rings. The summed E-state index contributed by atoms with van der Waals surface area (Å²) >= 11 is 0. The second-order valence-electron chi connectivity index (χ2n) is 13.4. The number of hydrogen-bond acceptors (Lipinski definition) is 6. The van der Waals surface area contributed by atoms with E-state index in [0.717, 1.165) is 56.9 Å². The van der Waals surface area contributed by atoms with Gasteiger partial charge in [0.1, 0.15) is 23.5 Å². The van der Waals surface area contributed by atoms with Crippen LogP contribution in [0.4, 0.5) is 9.18 Å². The molecule has 0 bridgehead atoms. The molecule has 5 atom stereocenters. The molecule has 2 saturated carbocycles. The first-order valence-corrected chi connectivity index (χ1v) is 16.8. The minimum atomic E-state index is -1.05. The van der Waals surface area contributed by atoms with Crippen molar-refractivity contribution in [1.82, 2.24) is 25.8 Å². The summed E-state index contributed by atoms with van der Waals surface area (Å²) in [6.07, 6.45) is 11.8. The number of hydrogen-bond donors (Lipinski definition) is 3. The van der Waals surface area contributed by atoms with Crippen LogP contribution in [0.5, 0.6) is 0 Å². The fourth-order valence-corrected chi connectivity index (χ4v) is 7.17. The molecule has 1 saturated heterocycles. The van der Waals surface area contributed by atoms with Crippen molar-refractivity contribution in [3.63, 3.8) is 0 Å². The lowest BCUT2D eigenvalue weighted by Gasteiger charge is -2.34. The van der Waals surface area contributed by atoms with Crippen LogP contribution in [0.25, 0.3) is 0 Å². The Balaban J connectivity index is 1.22. The van der Waals surface area contributed by atoms with Crippen molar-refractivity contribution in [2.45, 2.75) is 120 Å². The molecule has 0 unspecified atom stereocenters. The van der Waals surface area contributed by atoms with E-state index >= 15 is 0 Å². The van der Waals surface area contributed by atoms with Gasteiger partial charge in [0.25, 0.3) is 0 Å². The number of rotatable bonds is 6. The third kappa shape index (κ3) is 6.73. The van der Waals surface area contributed by atoms with E-state index < -0.39 is 35.7 Å². The van der Waals surface area contributed by atoms with Gasteiger partial charge in [0, 0.05) is 37.0 Å². The predicted octanol–water partition coefficient (Wildman–Crippen LogP) is 3.68. The van der Waals surface area contributed by atoms with Crippen LogP contribution in [-0.2, 0) is 32.2 Å². The highest BCUT2D eigenvalue weighted by molar-refractivity contribution is 5.98. The van der Waals surface area contributed by atoms with E-state index in [0.29, 0.717) is 24.9 Å². The van der Waals surface area contributed by atoms with Crippen molar-refractivity contribution < 1.29 is 28.3 Å². The molecule has 1 aromatic rings. The van der Waals surface area contributed by atoms with Crippen LogP contribution in [-0.4, -0.2) is 76.5 Å². The topological polar surface area (TPSA) is 120 Å². The number of carbonyl (C=O) groups is 4. The van der Waals surface area contributed by atoms with Gasteiger partial charge in [-0.25, -0.2) is 9.18 Å². The average Bonchev–Trinajstić information content (AvgIpc) is 3.31. The first-order chi connectivity index (χ1) is 21.8. The molecule has 3 aliphatic heterocycles. The van der Waals surface area contributed by atoms with E-state index in [4.69, 9.17) is 4.74 Å². The maximum Gasteiger partial charge on any atom is 0.410 e. The molecule has 4 amide bonds. The molecule has 11 heteroatoms. The van der Waals surface area contributed by atoms with E-state index in [9.17, 15) is 23.6 Å². The summed E-state index contributed by atoms with van der Waals surface area (Å²) in [6, 6.07) is 3.75. The van der Waals surface area contributed by atoms with Crippen LogP contribution >= 0.6 is 0 Å². The Labute approximate surface area is 264 Å². The van der Waals surface area contributed by atoms with Crippen LogP contribution in [0.1, 0.15) is 88.7 Å². The minimum Gasteiger partial charge on any atom is -0.444 e. The maximum absolute atomic E-state index is 14.3. The van der Waals surface area contributed by atoms with E-state index in [1.54, 1.807) is 17.0 Å². The third-order valence-electron chi connectivity index (χ3n) is 10.2. The molecule has 3 fully saturated rings. The monoisotopic (exact) mass is 623 g/mol. The fourth-order valence-electron chi connectivity index (χ4n) is 7.17. The number of nitrogens with zero attached hydrogens (tertiary/aromatic N) is 2. The average molecular weight is 624 g/mol. The van der Waals surface area contributed by atoms with Crippen LogP contribution in [0.3, 0.4) is 0 Å². The summed E-state index contributed by atoms with van der Waals surface area (Å²) in [6.45, 7) is 2.92. The van der Waals surface area contributed by atoms with Gasteiger partial charge in [-0.15, -0.1) is 0 Å². The number of halogens is 1. The highest BCUT2D eigenvalue weighted by atomic mass is 19.1. The van der Waals surface area contributed by atoms with Gasteiger partial charge in [-0.05, 0) is 56.6 Å². The first kappa shape index (κ1) is 31.5. The lowest BCUT2D eigenvalue weighted by Crippen LogP contribution is -2.58. The number of amides is 4. The molecule has 0 aromatic heterocycles. The Bertz CT molecular complexity index is 1330. The van der Waals surface area contributed by atoms with Gasteiger partial charge in [0.15, 0.2) is 0 Å². The quantitative estimate of drug-likeness (QED) is 0.416. The summed E-state index contributed by atoms with van der Waals surface area (Å²) in [5.74, 6) is -1.25. The molecule has 0 spiro atoms. The van der Waals surface area contributed by atoms with Gasteiger partial charge in [-0.3, -0.25) is 19.3 Å². The molecule has 0 radical (unpaired) electrons. The molecule has 3 heterocycles. The van der Waals surface area contributed by atoms with Crippen LogP contribution in [0, 0.1) is 11.7 Å². The lowest BCUT2D eigenvalue weighted by atomic mass is 9.91. The van der Waals surface area contributed by atoms with Crippen molar-refractivity contribution in [3.05, 3.63) is 47.3 Å². The SMILES string of the molecule is CCCNC(=O)[C@@]12C[C@@H]1/C=C\CCCCC[C@H](NC1CCC1)C(=O)N1C[C@H](OC(=O)N3Cc4cccc(F)c4C3)C[C@H]1C(=O)N2. The molecular weight excluding hydrogens is 577 g/mol. The molecule has 45 heavy (non-hydrogen) atoms. The number of allylic oxidation sites excluding steroid dienone is 1.